The number of nitrogens with one attached hydrogen (secondary N) is 1. The van der Waals surface area contributed by atoms with Crippen LogP contribution < -0.4 is 5.32 Å². The van der Waals surface area contributed by atoms with Crippen molar-refractivity contribution in [2.45, 2.75) is 38.6 Å². The van der Waals surface area contributed by atoms with Gasteiger partial charge in [0.2, 0.25) is 5.89 Å². The molecule has 0 unspecified atom stereocenters. The van der Waals surface area contributed by atoms with Crippen molar-refractivity contribution < 1.29 is 4.42 Å². The number of aryl methyl sites for hydroxylation is 2. The van der Waals surface area contributed by atoms with Gasteiger partial charge < -0.3 is 9.73 Å². The molecule has 1 fully saturated rings. The number of hydrogen-bond acceptors (Lipinski definition) is 5. The number of halogens is 1. The minimum absolute atomic E-state index is 0.535. The Morgan fingerprint density at radius 2 is 2.32 bits per heavy atom. The molecule has 1 saturated carbocycles. The van der Waals surface area contributed by atoms with Crippen molar-refractivity contribution in [1.82, 2.24) is 15.5 Å². The van der Waals surface area contributed by atoms with E-state index in [1.54, 1.807) is 11.3 Å². The lowest BCUT2D eigenvalue weighted by Gasteiger charge is -1.99. The highest BCUT2D eigenvalue weighted by atomic mass is 35.5. The van der Waals surface area contributed by atoms with Crippen LogP contribution in [0.5, 0.6) is 0 Å². The summed E-state index contributed by atoms with van der Waals surface area (Å²) in [5, 5.41) is 14.3. The van der Waals surface area contributed by atoms with Crippen molar-refractivity contribution in [3.63, 3.8) is 0 Å². The van der Waals surface area contributed by atoms with E-state index in [0.717, 1.165) is 40.9 Å². The lowest BCUT2D eigenvalue weighted by atomic mass is 10.3. The molecule has 1 aliphatic rings. The van der Waals surface area contributed by atoms with Gasteiger partial charge in [-0.15, -0.1) is 21.5 Å². The van der Waals surface area contributed by atoms with Gasteiger partial charge in [-0.3, -0.25) is 0 Å². The van der Waals surface area contributed by atoms with Gasteiger partial charge in [0.1, 0.15) is 4.88 Å². The largest absolute Gasteiger partial charge is 0.420 e. The number of aromatic nitrogens is 2. The van der Waals surface area contributed by atoms with Crippen LogP contribution in [-0.4, -0.2) is 22.8 Å². The van der Waals surface area contributed by atoms with Crippen molar-refractivity contribution in [2.75, 3.05) is 6.54 Å². The summed E-state index contributed by atoms with van der Waals surface area (Å²) in [5.74, 6) is 1.22. The van der Waals surface area contributed by atoms with E-state index >= 15 is 0 Å². The Bertz CT molecular complexity index is 562. The van der Waals surface area contributed by atoms with Crippen molar-refractivity contribution in [1.29, 1.82) is 0 Å². The zero-order chi connectivity index (χ0) is 13.2. The van der Waals surface area contributed by atoms with E-state index in [1.807, 2.05) is 12.3 Å². The molecule has 0 atom stereocenters. The molecule has 19 heavy (non-hydrogen) atoms. The molecular formula is C13H16ClN3OS. The Morgan fingerprint density at radius 3 is 3.00 bits per heavy atom. The van der Waals surface area contributed by atoms with Crippen molar-refractivity contribution >= 4 is 22.9 Å². The van der Waals surface area contributed by atoms with Crippen molar-refractivity contribution in [3.05, 3.63) is 21.9 Å². The summed E-state index contributed by atoms with van der Waals surface area (Å²) >= 11 is 7.74. The lowest BCUT2D eigenvalue weighted by molar-refractivity contribution is 0.491. The van der Waals surface area contributed by atoms with Crippen LogP contribution in [0.3, 0.4) is 0 Å². The second-order valence-corrected chi connectivity index (χ2v) is 6.15. The topological polar surface area (TPSA) is 51.0 Å². The normalized spacial score (nSPS) is 15.1. The van der Waals surface area contributed by atoms with E-state index in [9.17, 15) is 0 Å². The third-order valence-electron chi connectivity index (χ3n) is 3.14. The average Bonchev–Trinajstić information content (AvgIpc) is 3.02. The molecule has 0 spiro atoms. The maximum atomic E-state index is 6.19. The molecule has 0 radical (unpaired) electrons. The maximum Gasteiger partial charge on any atom is 0.259 e. The summed E-state index contributed by atoms with van der Waals surface area (Å²) in [6.07, 6.45) is 4.48. The van der Waals surface area contributed by atoms with Crippen LogP contribution in [0.15, 0.2) is 9.80 Å². The molecule has 0 aromatic carbocycles. The molecular weight excluding hydrogens is 282 g/mol. The van der Waals surface area contributed by atoms with Crippen LogP contribution in [0.25, 0.3) is 10.8 Å². The molecule has 6 heteroatoms. The Balaban J connectivity index is 1.57. The second kappa shape index (κ2) is 5.61. The van der Waals surface area contributed by atoms with Crippen molar-refractivity contribution in [3.8, 4) is 10.8 Å². The molecule has 2 aromatic heterocycles. The molecule has 102 valence electrons. The third kappa shape index (κ3) is 3.16. The number of nitrogens with zero attached hydrogens (tertiary/aromatic N) is 2. The molecule has 2 aromatic rings. The lowest BCUT2D eigenvalue weighted by Crippen LogP contribution is -2.17. The molecule has 2 heterocycles. The van der Waals surface area contributed by atoms with Gasteiger partial charge in [-0.1, -0.05) is 11.6 Å². The maximum absolute atomic E-state index is 6.19. The Morgan fingerprint density at radius 1 is 1.47 bits per heavy atom. The summed E-state index contributed by atoms with van der Waals surface area (Å²) in [7, 11) is 0. The molecule has 0 saturated heterocycles. The van der Waals surface area contributed by atoms with Gasteiger partial charge >= 0.3 is 0 Å². The van der Waals surface area contributed by atoms with Gasteiger partial charge in [-0.2, -0.15) is 0 Å². The molecule has 3 rings (SSSR count). The molecule has 0 aliphatic heterocycles. The van der Waals surface area contributed by atoms with Gasteiger partial charge in [0.15, 0.2) is 0 Å². The molecule has 1 N–H and O–H groups in total. The summed E-state index contributed by atoms with van der Waals surface area (Å²) in [5.41, 5.74) is 1.05. The van der Waals surface area contributed by atoms with E-state index in [2.05, 4.69) is 15.5 Å². The van der Waals surface area contributed by atoms with E-state index in [-0.39, 0.29) is 0 Å². The van der Waals surface area contributed by atoms with Gasteiger partial charge in [0, 0.05) is 12.5 Å². The standard InChI is InChI=1S/C13H16ClN3OS/c1-8-7-19-12(11(8)14)13-17-16-10(18-13)3-2-6-15-9-4-5-9/h7,9,15H,2-6H2,1H3. The van der Waals surface area contributed by atoms with Crippen LogP contribution in [0.1, 0.15) is 30.7 Å². The second-order valence-electron chi connectivity index (χ2n) is 4.89. The number of thiophene rings is 1. The average molecular weight is 298 g/mol. The Kier molecular flexibility index (Phi) is 3.86. The highest BCUT2D eigenvalue weighted by Crippen LogP contribution is 2.35. The van der Waals surface area contributed by atoms with Crippen LogP contribution >= 0.6 is 22.9 Å². The first-order chi connectivity index (χ1) is 9.24. The van der Waals surface area contributed by atoms with Gasteiger partial charge in [0.25, 0.3) is 5.89 Å². The van der Waals surface area contributed by atoms with E-state index in [1.165, 1.54) is 12.8 Å². The smallest absolute Gasteiger partial charge is 0.259 e. The highest BCUT2D eigenvalue weighted by molar-refractivity contribution is 7.14. The first kappa shape index (κ1) is 13.1. The van der Waals surface area contributed by atoms with Gasteiger partial charge in [-0.05, 0) is 43.7 Å². The summed E-state index contributed by atoms with van der Waals surface area (Å²) in [4.78, 5) is 0.869. The minimum atomic E-state index is 0.535. The summed E-state index contributed by atoms with van der Waals surface area (Å²) in [6.45, 7) is 2.99. The predicted octanol–water partition coefficient (Wildman–Crippen LogP) is 3.44. The minimum Gasteiger partial charge on any atom is -0.420 e. The van der Waals surface area contributed by atoms with Crippen LogP contribution in [0, 0.1) is 6.92 Å². The SMILES string of the molecule is Cc1csc(-c2nnc(CCCNC3CC3)o2)c1Cl. The molecule has 0 amide bonds. The fraction of sp³-hybridized carbons (Fsp3) is 0.538. The summed E-state index contributed by atoms with van der Waals surface area (Å²) < 4.78 is 5.66. The zero-order valence-electron chi connectivity index (χ0n) is 10.8. The first-order valence-electron chi connectivity index (χ1n) is 6.54. The monoisotopic (exact) mass is 297 g/mol. The van der Waals surface area contributed by atoms with Crippen LogP contribution in [0.4, 0.5) is 0 Å². The quantitative estimate of drug-likeness (QED) is 0.830. The molecule has 1 aliphatic carbocycles. The van der Waals surface area contributed by atoms with E-state index in [4.69, 9.17) is 16.0 Å². The predicted molar refractivity (Wildman–Crippen MR) is 76.7 cm³/mol. The van der Waals surface area contributed by atoms with Crippen LogP contribution in [-0.2, 0) is 6.42 Å². The zero-order valence-corrected chi connectivity index (χ0v) is 12.4. The number of rotatable bonds is 6. The fourth-order valence-corrected chi connectivity index (χ4v) is 3.05. The Hall–Kier alpha value is -0.910. The highest BCUT2D eigenvalue weighted by Gasteiger charge is 2.20. The van der Waals surface area contributed by atoms with Crippen molar-refractivity contribution in [2.24, 2.45) is 0 Å². The van der Waals surface area contributed by atoms with E-state index in [0.29, 0.717) is 11.8 Å². The molecule has 0 bridgehead atoms. The molecule has 4 nitrogen and oxygen atoms in total. The first-order valence-corrected chi connectivity index (χ1v) is 7.79. The van der Waals surface area contributed by atoms with Gasteiger partial charge in [-0.25, -0.2) is 0 Å². The summed E-state index contributed by atoms with van der Waals surface area (Å²) in [6, 6.07) is 0.756. The fourth-order valence-electron chi connectivity index (χ4n) is 1.85. The number of hydrogen-bond donors (Lipinski definition) is 1. The van der Waals surface area contributed by atoms with Crippen LogP contribution in [0.2, 0.25) is 5.02 Å². The van der Waals surface area contributed by atoms with E-state index < -0.39 is 0 Å². The Labute approximate surface area is 121 Å². The third-order valence-corrected chi connectivity index (χ3v) is 4.82. The van der Waals surface area contributed by atoms with Gasteiger partial charge in [0.05, 0.1) is 5.02 Å².